The van der Waals surface area contributed by atoms with Gasteiger partial charge in [0, 0.05) is 6.42 Å². The molecule has 1 unspecified atom stereocenters. The van der Waals surface area contributed by atoms with Gasteiger partial charge in [-0.1, -0.05) is 50.1 Å². The molecule has 0 amide bonds. The molecule has 0 aliphatic carbocycles. The van der Waals surface area contributed by atoms with Crippen molar-refractivity contribution >= 4 is 6.29 Å². The van der Waals surface area contributed by atoms with Crippen LogP contribution < -0.4 is 0 Å². The second kappa shape index (κ2) is 7.22. The van der Waals surface area contributed by atoms with Gasteiger partial charge in [-0.15, -0.1) is 0 Å². The molecule has 1 rings (SSSR count). The van der Waals surface area contributed by atoms with Gasteiger partial charge in [0.1, 0.15) is 6.29 Å². The molecule has 82 valence electrons. The van der Waals surface area contributed by atoms with Crippen molar-refractivity contribution in [2.45, 2.75) is 39.0 Å². The fourth-order valence-corrected chi connectivity index (χ4v) is 1.88. The minimum Gasteiger partial charge on any atom is -0.303 e. The van der Waals surface area contributed by atoms with Gasteiger partial charge in [-0.25, -0.2) is 0 Å². The van der Waals surface area contributed by atoms with Crippen LogP contribution >= 0.6 is 0 Å². The number of hydrogen-bond acceptors (Lipinski definition) is 1. The van der Waals surface area contributed by atoms with Gasteiger partial charge in [-0.05, 0) is 24.3 Å². The highest BCUT2D eigenvalue weighted by molar-refractivity contribution is 5.49. The third-order valence-corrected chi connectivity index (χ3v) is 2.76. The summed E-state index contributed by atoms with van der Waals surface area (Å²) in [5.74, 6) is 0.532. The minimum atomic E-state index is 0.532. The standard InChI is InChI=1S/C14H20O/c1-2-3-7-14(10-11-15)12-13-8-5-4-6-9-13/h4-6,8-9,11,14H,2-3,7,10,12H2,1H3. The maximum absolute atomic E-state index is 10.6. The Labute approximate surface area is 92.5 Å². The maximum atomic E-state index is 10.6. The van der Waals surface area contributed by atoms with Crippen LogP contribution in [0.3, 0.4) is 0 Å². The second-order valence-electron chi connectivity index (χ2n) is 4.10. The fourth-order valence-electron chi connectivity index (χ4n) is 1.88. The molecule has 0 heterocycles. The molecule has 0 N–H and O–H groups in total. The van der Waals surface area contributed by atoms with Crippen molar-refractivity contribution in [1.82, 2.24) is 0 Å². The van der Waals surface area contributed by atoms with Gasteiger partial charge in [0.25, 0.3) is 0 Å². The molecule has 0 aliphatic rings. The van der Waals surface area contributed by atoms with E-state index in [1.807, 2.05) is 6.07 Å². The summed E-state index contributed by atoms with van der Waals surface area (Å²) in [4.78, 5) is 10.6. The van der Waals surface area contributed by atoms with Gasteiger partial charge in [-0.3, -0.25) is 0 Å². The highest BCUT2D eigenvalue weighted by Crippen LogP contribution is 2.17. The van der Waals surface area contributed by atoms with Crippen LogP contribution in [-0.4, -0.2) is 6.29 Å². The first-order valence-corrected chi connectivity index (χ1v) is 5.84. The molecule has 0 spiro atoms. The number of carbonyl (C=O) groups is 1. The number of carbonyl (C=O) groups excluding carboxylic acids is 1. The van der Waals surface area contributed by atoms with E-state index in [0.29, 0.717) is 12.3 Å². The molecule has 15 heavy (non-hydrogen) atoms. The van der Waals surface area contributed by atoms with E-state index in [1.54, 1.807) is 0 Å². The lowest BCUT2D eigenvalue weighted by Gasteiger charge is -2.13. The van der Waals surface area contributed by atoms with Crippen LogP contribution in [0.5, 0.6) is 0 Å². The normalized spacial score (nSPS) is 12.3. The van der Waals surface area contributed by atoms with Crippen molar-refractivity contribution in [3.63, 3.8) is 0 Å². The molecule has 0 saturated heterocycles. The molecule has 0 fully saturated rings. The topological polar surface area (TPSA) is 17.1 Å². The summed E-state index contributed by atoms with van der Waals surface area (Å²) in [5, 5.41) is 0. The number of rotatable bonds is 7. The molecule has 1 nitrogen and oxygen atoms in total. The Balaban J connectivity index is 2.46. The fraction of sp³-hybridized carbons (Fsp3) is 0.500. The summed E-state index contributed by atoms with van der Waals surface area (Å²) in [7, 11) is 0. The molecule has 1 aromatic carbocycles. The summed E-state index contributed by atoms with van der Waals surface area (Å²) < 4.78 is 0. The summed E-state index contributed by atoms with van der Waals surface area (Å²) >= 11 is 0. The smallest absolute Gasteiger partial charge is 0.120 e. The van der Waals surface area contributed by atoms with Crippen molar-refractivity contribution in [1.29, 1.82) is 0 Å². The largest absolute Gasteiger partial charge is 0.303 e. The van der Waals surface area contributed by atoms with Crippen molar-refractivity contribution in [3.8, 4) is 0 Å². The molecule has 0 aromatic heterocycles. The van der Waals surface area contributed by atoms with Crippen LogP contribution in [0.4, 0.5) is 0 Å². The first-order valence-electron chi connectivity index (χ1n) is 5.84. The first-order chi connectivity index (χ1) is 7.36. The molecule has 0 radical (unpaired) electrons. The van der Waals surface area contributed by atoms with Gasteiger partial charge in [0.05, 0.1) is 0 Å². The molecule has 0 saturated carbocycles. The summed E-state index contributed by atoms with van der Waals surface area (Å²) in [6.45, 7) is 2.19. The summed E-state index contributed by atoms with van der Waals surface area (Å²) in [6.07, 6.45) is 6.41. The van der Waals surface area contributed by atoms with Crippen molar-refractivity contribution < 1.29 is 4.79 Å². The van der Waals surface area contributed by atoms with Crippen LogP contribution in [0.1, 0.15) is 38.2 Å². The molecule has 0 bridgehead atoms. The highest BCUT2D eigenvalue weighted by atomic mass is 16.1. The molecule has 1 heteroatoms. The minimum absolute atomic E-state index is 0.532. The number of hydrogen-bond donors (Lipinski definition) is 0. The molecule has 0 aliphatic heterocycles. The Morgan fingerprint density at radius 3 is 2.60 bits per heavy atom. The van der Waals surface area contributed by atoms with Crippen molar-refractivity contribution in [2.75, 3.05) is 0 Å². The summed E-state index contributed by atoms with van der Waals surface area (Å²) in [5.41, 5.74) is 1.35. The number of benzene rings is 1. The monoisotopic (exact) mass is 204 g/mol. The van der Waals surface area contributed by atoms with E-state index in [4.69, 9.17) is 0 Å². The quantitative estimate of drug-likeness (QED) is 0.620. The van der Waals surface area contributed by atoms with E-state index >= 15 is 0 Å². The average Bonchev–Trinajstić information content (AvgIpc) is 2.28. The SMILES string of the molecule is CCCCC(CC=O)Cc1ccccc1. The molecular weight excluding hydrogens is 184 g/mol. The zero-order valence-corrected chi connectivity index (χ0v) is 9.49. The first kappa shape index (κ1) is 12.0. The van der Waals surface area contributed by atoms with Gasteiger partial charge in [-0.2, -0.15) is 0 Å². The van der Waals surface area contributed by atoms with Gasteiger partial charge in [0.15, 0.2) is 0 Å². The van der Waals surface area contributed by atoms with Crippen LogP contribution in [0.2, 0.25) is 0 Å². The van der Waals surface area contributed by atoms with Gasteiger partial charge < -0.3 is 4.79 Å². The predicted molar refractivity (Wildman–Crippen MR) is 63.8 cm³/mol. The van der Waals surface area contributed by atoms with Gasteiger partial charge in [0.2, 0.25) is 0 Å². The van der Waals surface area contributed by atoms with E-state index in [-0.39, 0.29) is 0 Å². The predicted octanol–water partition coefficient (Wildman–Crippen LogP) is 3.62. The van der Waals surface area contributed by atoms with E-state index in [0.717, 1.165) is 12.7 Å². The lowest BCUT2D eigenvalue weighted by atomic mass is 9.92. The van der Waals surface area contributed by atoms with E-state index in [9.17, 15) is 4.79 Å². The summed E-state index contributed by atoms with van der Waals surface area (Å²) in [6, 6.07) is 10.4. The lowest BCUT2D eigenvalue weighted by molar-refractivity contribution is -0.108. The Kier molecular flexibility index (Phi) is 5.76. The van der Waals surface area contributed by atoms with E-state index < -0.39 is 0 Å². The third-order valence-electron chi connectivity index (χ3n) is 2.76. The Morgan fingerprint density at radius 1 is 1.27 bits per heavy atom. The Hall–Kier alpha value is -1.11. The van der Waals surface area contributed by atoms with Crippen LogP contribution in [0.15, 0.2) is 30.3 Å². The van der Waals surface area contributed by atoms with Crippen LogP contribution in [-0.2, 0) is 11.2 Å². The number of unbranched alkanes of at least 4 members (excludes halogenated alkanes) is 1. The van der Waals surface area contributed by atoms with Crippen molar-refractivity contribution in [3.05, 3.63) is 35.9 Å². The van der Waals surface area contributed by atoms with Crippen molar-refractivity contribution in [2.24, 2.45) is 5.92 Å². The number of aldehydes is 1. The molecule has 1 atom stereocenters. The molecular formula is C14H20O. The van der Waals surface area contributed by atoms with E-state index in [1.165, 1.54) is 24.8 Å². The average molecular weight is 204 g/mol. The maximum Gasteiger partial charge on any atom is 0.120 e. The lowest BCUT2D eigenvalue weighted by Crippen LogP contribution is -2.05. The highest BCUT2D eigenvalue weighted by Gasteiger charge is 2.08. The van der Waals surface area contributed by atoms with Gasteiger partial charge >= 0.3 is 0 Å². The van der Waals surface area contributed by atoms with Crippen LogP contribution in [0, 0.1) is 5.92 Å². The third kappa shape index (κ3) is 4.78. The zero-order chi connectivity index (χ0) is 10.9. The van der Waals surface area contributed by atoms with Crippen LogP contribution in [0.25, 0.3) is 0 Å². The second-order valence-corrected chi connectivity index (χ2v) is 4.10. The Bertz CT molecular complexity index is 266. The Morgan fingerprint density at radius 2 is 2.00 bits per heavy atom. The van der Waals surface area contributed by atoms with E-state index in [2.05, 4.69) is 31.2 Å². The molecule has 1 aromatic rings. The zero-order valence-electron chi connectivity index (χ0n) is 9.49.